The van der Waals surface area contributed by atoms with E-state index < -0.39 is 0 Å². The lowest BCUT2D eigenvalue weighted by Gasteiger charge is -2.25. The van der Waals surface area contributed by atoms with Crippen molar-refractivity contribution in [2.75, 3.05) is 27.2 Å². The van der Waals surface area contributed by atoms with Crippen molar-refractivity contribution < 1.29 is 4.79 Å². The second-order valence-corrected chi connectivity index (χ2v) is 7.15. The summed E-state index contributed by atoms with van der Waals surface area (Å²) < 4.78 is 0. The fourth-order valence-corrected chi connectivity index (χ4v) is 2.89. The molecule has 0 spiro atoms. The number of hydrogen-bond donors (Lipinski definition) is 3. The molecular formula is C23H33N5O. The molecule has 0 bridgehead atoms. The molecule has 0 aliphatic carbocycles. The van der Waals surface area contributed by atoms with Crippen LogP contribution in [0.1, 0.15) is 24.5 Å². The molecule has 0 aromatic heterocycles. The van der Waals surface area contributed by atoms with E-state index in [4.69, 9.17) is 0 Å². The van der Waals surface area contributed by atoms with E-state index in [9.17, 15) is 4.79 Å². The summed E-state index contributed by atoms with van der Waals surface area (Å²) >= 11 is 0. The van der Waals surface area contributed by atoms with Crippen LogP contribution >= 0.6 is 0 Å². The van der Waals surface area contributed by atoms with E-state index in [-0.39, 0.29) is 12.5 Å². The Balaban J connectivity index is 1.63. The molecule has 156 valence electrons. The molecule has 2 aromatic rings. The molecule has 0 aliphatic rings. The van der Waals surface area contributed by atoms with E-state index in [2.05, 4.69) is 64.1 Å². The standard InChI is InChI=1S/C23H33N5O/c1-19(28(3)18-21-12-8-5-9-13-21)14-15-25-23(24-2)27-17-22(29)26-16-20-10-6-4-7-11-20/h4-13,19H,14-18H2,1-3H3,(H,26,29)(H2,24,25,27). The summed E-state index contributed by atoms with van der Waals surface area (Å²) in [7, 11) is 3.85. The van der Waals surface area contributed by atoms with Crippen LogP contribution in [0.25, 0.3) is 0 Å². The fraction of sp³-hybridized carbons (Fsp3) is 0.391. The van der Waals surface area contributed by atoms with Gasteiger partial charge in [0, 0.05) is 32.7 Å². The van der Waals surface area contributed by atoms with Crippen molar-refractivity contribution in [2.24, 2.45) is 4.99 Å². The van der Waals surface area contributed by atoms with Crippen LogP contribution in [-0.2, 0) is 17.9 Å². The van der Waals surface area contributed by atoms with Gasteiger partial charge in [-0.3, -0.25) is 14.7 Å². The van der Waals surface area contributed by atoms with Crippen molar-refractivity contribution in [3.63, 3.8) is 0 Å². The van der Waals surface area contributed by atoms with Crippen LogP contribution in [-0.4, -0.2) is 50.0 Å². The molecule has 3 N–H and O–H groups in total. The Hall–Kier alpha value is -2.86. The van der Waals surface area contributed by atoms with Crippen LogP contribution < -0.4 is 16.0 Å². The van der Waals surface area contributed by atoms with Crippen molar-refractivity contribution in [1.29, 1.82) is 0 Å². The van der Waals surface area contributed by atoms with Gasteiger partial charge in [-0.2, -0.15) is 0 Å². The van der Waals surface area contributed by atoms with Crippen LogP contribution in [0.3, 0.4) is 0 Å². The highest BCUT2D eigenvalue weighted by Crippen LogP contribution is 2.07. The predicted octanol–water partition coefficient (Wildman–Crippen LogP) is 2.38. The van der Waals surface area contributed by atoms with Gasteiger partial charge in [0.25, 0.3) is 0 Å². The van der Waals surface area contributed by atoms with E-state index in [0.29, 0.717) is 18.5 Å². The molecule has 29 heavy (non-hydrogen) atoms. The van der Waals surface area contributed by atoms with Gasteiger partial charge in [-0.15, -0.1) is 0 Å². The van der Waals surface area contributed by atoms with Gasteiger partial charge < -0.3 is 16.0 Å². The highest BCUT2D eigenvalue weighted by Gasteiger charge is 2.10. The second kappa shape index (κ2) is 12.6. The Labute approximate surface area is 174 Å². The van der Waals surface area contributed by atoms with Crippen LogP contribution in [0.15, 0.2) is 65.7 Å². The maximum atomic E-state index is 12.0. The molecule has 6 nitrogen and oxygen atoms in total. The Morgan fingerprint density at radius 2 is 1.59 bits per heavy atom. The summed E-state index contributed by atoms with van der Waals surface area (Å²) in [5.41, 5.74) is 2.39. The number of carbonyl (C=O) groups is 1. The highest BCUT2D eigenvalue weighted by molar-refractivity contribution is 5.86. The Morgan fingerprint density at radius 3 is 2.21 bits per heavy atom. The summed E-state index contributed by atoms with van der Waals surface area (Å²) in [6.07, 6.45) is 0.976. The zero-order valence-electron chi connectivity index (χ0n) is 17.7. The Morgan fingerprint density at radius 1 is 0.966 bits per heavy atom. The Bertz CT molecular complexity index is 748. The molecule has 0 saturated carbocycles. The summed E-state index contributed by atoms with van der Waals surface area (Å²) in [6.45, 7) is 4.65. The van der Waals surface area contributed by atoms with Crippen molar-refractivity contribution in [3.05, 3.63) is 71.8 Å². The third-order valence-corrected chi connectivity index (χ3v) is 4.85. The smallest absolute Gasteiger partial charge is 0.239 e. The van der Waals surface area contributed by atoms with Gasteiger partial charge in [0.15, 0.2) is 5.96 Å². The lowest BCUT2D eigenvalue weighted by atomic mass is 10.1. The molecule has 6 heteroatoms. The molecule has 0 aliphatic heterocycles. The van der Waals surface area contributed by atoms with Crippen LogP contribution in [0, 0.1) is 0 Å². The normalized spacial score (nSPS) is 12.5. The van der Waals surface area contributed by atoms with Gasteiger partial charge in [0.2, 0.25) is 5.91 Å². The number of aliphatic imine (C=N–C) groups is 1. The quantitative estimate of drug-likeness (QED) is 0.427. The van der Waals surface area contributed by atoms with E-state index in [1.165, 1.54) is 5.56 Å². The minimum absolute atomic E-state index is 0.0623. The number of amides is 1. The number of rotatable bonds is 10. The molecule has 0 saturated heterocycles. The average molecular weight is 396 g/mol. The zero-order chi connectivity index (χ0) is 20.9. The van der Waals surface area contributed by atoms with Crippen LogP contribution in [0.2, 0.25) is 0 Å². The molecule has 0 fully saturated rings. The number of carbonyl (C=O) groups excluding carboxylic acids is 1. The van der Waals surface area contributed by atoms with Crippen molar-refractivity contribution in [3.8, 4) is 0 Å². The van der Waals surface area contributed by atoms with Crippen LogP contribution in [0.5, 0.6) is 0 Å². The minimum atomic E-state index is -0.0623. The Kier molecular flexibility index (Phi) is 9.72. The average Bonchev–Trinajstić information content (AvgIpc) is 2.75. The van der Waals surface area contributed by atoms with Gasteiger partial charge in [0.05, 0.1) is 6.54 Å². The van der Waals surface area contributed by atoms with Gasteiger partial charge >= 0.3 is 0 Å². The minimum Gasteiger partial charge on any atom is -0.356 e. The molecular weight excluding hydrogens is 362 g/mol. The first-order valence-corrected chi connectivity index (χ1v) is 10.1. The largest absolute Gasteiger partial charge is 0.356 e. The van der Waals surface area contributed by atoms with Gasteiger partial charge in [-0.25, -0.2) is 0 Å². The summed E-state index contributed by atoms with van der Waals surface area (Å²) in [5, 5.41) is 9.24. The zero-order valence-corrected chi connectivity index (χ0v) is 17.7. The van der Waals surface area contributed by atoms with Crippen molar-refractivity contribution >= 4 is 11.9 Å². The van der Waals surface area contributed by atoms with Gasteiger partial charge in [-0.1, -0.05) is 60.7 Å². The highest BCUT2D eigenvalue weighted by atomic mass is 16.1. The third kappa shape index (κ3) is 8.79. The van der Waals surface area contributed by atoms with E-state index >= 15 is 0 Å². The maximum absolute atomic E-state index is 12.0. The summed E-state index contributed by atoms with van der Waals surface area (Å²) in [5.74, 6) is 0.575. The fourth-order valence-electron chi connectivity index (χ4n) is 2.89. The van der Waals surface area contributed by atoms with E-state index in [0.717, 1.165) is 25.1 Å². The summed E-state index contributed by atoms with van der Waals surface area (Å²) in [4.78, 5) is 18.5. The third-order valence-electron chi connectivity index (χ3n) is 4.85. The lowest BCUT2D eigenvalue weighted by molar-refractivity contribution is -0.120. The van der Waals surface area contributed by atoms with Crippen LogP contribution in [0.4, 0.5) is 0 Å². The summed E-state index contributed by atoms with van der Waals surface area (Å²) in [6, 6.07) is 20.8. The number of nitrogens with one attached hydrogen (secondary N) is 3. The van der Waals surface area contributed by atoms with Crippen molar-refractivity contribution in [1.82, 2.24) is 20.9 Å². The molecule has 2 aromatic carbocycles. The van der Waals surface area contributed by atoms with E-state index in [1.807, 2.05) is 36.4 Å². The van der Waals surface area contributed by atoms with E-state index in [1.54, 1.807) is 7.05 Å². The number of hydrogen-bond acceptors (Lipinski definition) is 3. The molecule has 0 heterocycles. The van der Waals surface area contributed by atoms with Gasteiger partial charge in [0.1, 0.15) is 0 Å². The SMILES string of the molecule is CN=C(NCCC(C)N(C)Cc1ccccc1)NCC(=O)NCc1ccccc1. The molecule has 1 atom stereocenters. The molecule has 1 amide bonds. The monoisotopic (exact) mass is 395 g/mol. The first-order valence-electron chi connectivity index (χ1n) is 10.1. The maximum Gasteiger partial charge on any atom is 0.239 e. The number of benzene rings is 2. The first-order chi connectivity index (χ1) is 14.1. The van der Waals surface area contributed by atoms with Gasteiger partial charge in [-0.05, 0) is 31.5 Å². The van der Waals surface area contributed by atoms with Crippen molar-refractivity contribution in [2.45, 2.75) is 32.5 Å². The second-order valence-electron chi connectivity index (χ2n) is 7.15. The number of nitrogens with zero attached hydrogens (tertiary/aromatic N) is 2. The molecule has 1 unspecified atom stereocenters. The molecule has 0 radical (unpaired) electrons. The number of guanidine groups is 1. The lowest BCUT2D eigenvalue weighted by Crippen LogP contribution is -2.44. The first kappa shape index (κ1) is 22.4. The topological polar surface area (TPSA) is 68.8 Å². The molecule has 2 rings (SSSR count). The predicted molar refractivity (Wildman–Crippen MR) is 120 cm³/mol.